The highest BCUT2D eigenvalue weighted by molar-refractivity contribution is 7.48. The lowest BCUT2D eigenvalue weighted by Gasteiger charge is -2.32. The molecule has 3 aliphatic heterocycles. The Morgan fingerprint density at radius 1 is 0.895 bits per heavy atom. The number of methoxy groups -OCH3 is 1. The number of azide groups is 1. The minimum absolute atomic E-state index is 0.0205. The standard InChI is InChI=1S/C36H40N7O13P/c1-23-16-41(36(47)43(33(23)45)22-51-18-25-11-7-4-8-12-25)30-15-26(38-39-37)27(54-30)19-52-57(48)53-20-28-31(56-57)32(49-2)34(55-28)40-14-13-29(44)42(35(40)46)21-50-17-24-9-5-3-6-10-24/h3-14,16,26-28,30-32,34H,15,17-22H2,1-2H3/t26-,27+,28+,30+,31+,32+,34+,57+/m0/s1. The number of nitrogens with zero attached hydrogens (tertiary/aromatic N) is 7. The summed E-state index contributed by atoms with van der Waals surface area (Å²) in [6.07, 6.45) is -3.38. The fourth-order valence-corrected chi connectivity index (χ4v) is 8.23. The molecule has 7 rings (SSSR count). The van der Waals surface area contributed by atoms with Gasteiger partial charge < -0.3 is 23.7 Å². The van der Waals surface area contributed by atoms with Crippen LogP contribution in [0.25, 0.3) is 10.4 Å². The third kappa shape index (κ3) is 8.80. The molecule has 57 heavy (non-hydrogen) atoms. The molecule has 3 fully saturated rings. The molecule has 0 spiro atoms. The lowest BCUT2D eigenvalue weighted by Crippen LogP contribution is -2.44. The summed E-state index contributed by atoms with van der Waals surface area (Å²) in [6.45, 7) is 0.516. The summed E-state index contributed by atoms with van der Waals surface area (Å²) in [5.74, 6) is 0. The van der Waals surface area contributed by atoms with E-state index in [1.54, 1.807) is 6.92 Å². The number of aryl methyl sites for hydroxylation is 1. The molecule has 2 aromatic heterocycles. The summed E-state index contributed by atoms with van der Waals surface area (Å²) in [5, 5.41) is 3.81. The topological polar surface area (TPSA) is 228 Å². The molecule has 0 saturated carbocycles. The summed E-state index contributed by atoms with van der Waals surface area (Å²) in [6, 6.07) is 18.8. The van der Waals surface area contributed by atoms with Crippen molar-refractivity contribution in [3.8, 4) is 0 Å². The third-order valence-corrected chi connectivity index (χ3v) is 11.1. The molecule has 8 atom stereocenters. The first kappa shape index (κ1) is 40.2. The Balaban J connectivity index is 1.01. The van der Waals surface area contributed by atoms with Crippen LogP contribution in [0, 0.1) is 6.92 Å². The lowest BCUT2D eigenvalue weighted by atomic mass is 10.1. The van der Waals surface area contributed by atoms with E-state index in [1.165, 1.54) is 30.1 Å². The van der Waals surface area contributed by atoms with Crippen LogP contribution in [0.1, 0.15) is 35.6 Å². The van der Waals surface area contributed by atoms with Crippen LogP contribution < -0.4 is 22.5 Å². The Kier molecular flexibility index (Phi) is 12.5. The van der Waals surface area contributed by atoms with E-state index in [1.807, 2.05) is 60.7 Å². The fourth-order valence-electron chi connectivity index (χ4n) is 6.82. The van der Waals surface area contributed by atoms with Crippen LogP contribution in [-0.2, 0) is 68.5 Å². The maximum absolute atomic E-state index is 13.9. The number of fused-ring (bicyclic) bond motifs is 1. The predicted octanol–water partition coefficient (Wildman–Crippen LogP) is 3.11. The van der Waals surface area contributed by atoms with Crippen LogP contribution in [-0.4, -0.2) is 69.0 Å². The zero-order valence-corrected chi connectivity index (χ0v) is 31.8. The van der Waals surface area contributed by atoms with Gasteiger partial charge in [0.25, 0.3) is 11.1 Å². The number of ether oxygens (including phenoxy) is 5. The van der Waals surface area contributed by atoms with Crippen LogP contribution in [0.15, 0.2) is 103 Å². The Morgan fingerprint density at radius 2 is 1.54 bits per heavy atom. The maximum atomic E-state index is 13.9. The molecule has 0 amide bonds. The molecule has 0 radical (unpaired) electrons. The highest BCUT2D eigenvalue weighted by Crippen LogP contribution is 2.57. The van der Waals surface area contributed by atoms with E-state index in [4.69, 9.17) is 37.3 Å². The Morgan fingerprint density at radius 3 is 2.19 bits per heavy atom. The van der Waals surface area contributed by atoms with Gasteiger partial charge in [-0.3, -0.25) is 32.3 Å². The summed E-state index contributed by atoms with van der Waals surface area (Å²) in [4.78, 5) is 55.5. The molecule has 20 nitrogen and oxygen atoms in total. The summed E-state index contributed by atoms with van der Waals surface area (Å²) >= 11 is 0. The van der Waals surface area contributed by atoms with E-state index in [0.29, 0.717) is 0 Å². The van der Waals surface area contributed by atoms with Gasteiger partial charge in [-0.15, -0.1) is 0 Å². The van der Waals surface area contributed by atoms with Crippen LogP contribution in [0.5, 0.6) is 0 Å². The number of rotatable bonds is 15. The summed E-state index contributed by atoms with van der Waals surface area (Å²) < 4.78 is 64.3. The van der Waals surface area contributed by atoms with Gasteiger partial charge in [0.05, 0.1) is 38.6 Å². The molecule has 0 bridgehead atoms. The van der Waals surface area contributed by atoms with E-state index in [2.05, 4.69) is 10.0 Å². The first-order valence-corrected chi connectivity index (χ1v) is 19.4. The van der Waals surface area contributed by atoms with Gasteiger partial charge in [-0.25, -0.2) is 23.3 Å². The van der Waals surface area contributed by atoms with Crippen LogP contribution in [0.3, 0.4) is 0 Å². The first-order chi connectivity index (χ1) is 27.6. The van der Waals surface area contributed by atoms with E-state index in [-0.39, 0.29) is 45.3 Å². The van der Waals surface area contributed by atoms with Crippen molar-refractivity contribution in [2.75, 3.05) is 20.3 Å². The second kappa shape index (κ2) is 17.7. The quantitative estimate of drug-likeness (QED) is 0.0729. The summed E-state index contributed by atoms with van der Waals surface area (Å²) in [7, 11) is -2.99. The van der Waals surface area contributed by atoms with Crippen molar-refractivity contribution < 1.29 is 41.8 Å². The minimum Gasteiger partial charge on any atom is -0.374 e. The van der Waals surface area contributed by atoms with Crippen LogP contribution in [0.2, 0.25) is 0 Å². The lowest BCUT2D eigenvalue weighted by molar-refractivity contribution is -0.0803. The van der Waals surface area contributed by atoms with Gasteiger partial charge >= 0.3 is 19.2 Å². The largest absolute Gasteiger partial charge is 0.475 e. The van der Waals surface area contributed by atoms with E-state index < -0.39 is 79.8 Å². The van der Waals surface area contributed by atoms with Crippen molar-refractivity contribution in [2.24, 2.45) is 5.11 Å². The number of benzene rings is 2. The molecule has 302 valence electrons. The highest BCUT2D eigenvalue weighted by atomic mass is 31.2. The van der Waals surface area contributed by atoms with Crippen molar-refractivity contribution in [1.29, 1.82) is 0 Å². The van der Waals surface area contributed by atoms with Gasteiger partial charge in [0, 0.05) is 42.5 Å². The molecule has 4 aromatic rings. The van der Waals surface area contributed by atoms with Gasteiger partial charge in [0.2, 0.25) is 0 Å². The number of hydrogen-bond acceptors (Lipinski definition) is 14. The fraction of sp³-hybridized carbons (Fsp3) is 0.444. The third-order valence-electron chi connectivity index (χ3n) is 9.72. The van der Waals surface area contributed by atoms with Crippen molar-refractivity contribution in [2.45, 2.75) is 82.9 Å². The van der Waals surface area contributed by atoms with Crippen molar-refractivity contribution in [3.05, 3.63) is 148 Å². The zero-order valence-electron chi connectivity index (χ0n) is 30.9. The van der Waals surface area contributed by atoms with Crippen LogP contribution >= 0.6 is 7.82 Å². The average Bonchev–Trinajstić information content (AvgIpc) is 3.79. The zero-order chi connectivity index (χ0) is 40.1. The Labute approximate surface area is 323 Å². The van der Waals surface area contributed by atoms with E-state index in [0.717, 1.165) is 24.8 Å². The molecule has 2 aromatic carbocycles. The minimum atomic E-state index is -4.35. The van der Waals surface area contributed by atoms with Crippen LogP contribution in [0.4, 0.5) is 0 Å². The number of phosphoric acid groups is 1. The molecule has 0 N–H and O–H groups in total. The maximum Gasteiger partial charge on any atom is 0.475 e. The Bertz CT molecular complexity index is 2380. The molecule has 5 heterocycles. The molecule has 3 saturated heterocycles. The molecule has 0 aliphatic carbocycles. The van der Waals surface area contributed by atoms with E-state index in [9.17, 15) is 29.3 Å². The van der Waals surface area contributed by atoms with Gasteiger partial charge in [-0.05, 0) is 23.6 Å². The number of aromatic nitrogens is 4. The second-order valence-electron chi connectivity index (χ2n) is 13.4. The number of phosphoric ester groups is 1. The van der Waals surface area contributed by atoms with Gasteiger partial charge in [-0.2, -0.15) is 0 Å². The average molecular weight is 810 g/mol. The molecular weight excluding hydrogens is 769 g/mol. The molecule has 21 heteroatoms. The number of hydrogen-bond donors (Lipinski definition) is 0. The monoisotopic (exact) mass is 809 g/mol. The van der Waals surface area contributed by atoms with Gasteiger partial charge in [0.1, 0.15) is 38.0 Å². The molecule has 0 unspecified atom stereocenters. The van der Waals surface area contributed by atoms with E-state index >= 15 is 0 Å². The van der Waals surface area contributed by atoms with Crippen molar-refractivity contribution >= 4 is 7.82 Å². The predicted molar refractivity (Wildman–Crippen MR) is 198 cm³/mol. The van der Waals surface area contributed by atoms with Gasteiger partial charge in [-0.1, -0.05) is 65.8 Å². The smallest absolute Gasteiger partial charge is 0.374 e. The van der Waals surface area contributed by atoms with Gasteiger partial charge in [0.15, 0.2) is 6.23 Å². The summed E-state index contributed by atoms with van der Waals surface area (Å²) in [5.41, 5.74) is 8.70. The highest BCUT2D eigenvalue weighted by Gasteiger charge is 2.55. The normalized spacial score (nSPS) is 26.9. The molecular formula is C36H40N7O13P. The first-order valence-electron chi connectivity index (χ1n) is 17.9. The SMILES string of the molecule is CO[C@@H]1[C@@H]2O[P@](=O)(OC[C@H]3O[C@@H](n4cc(C)c(=O)n(COCc5ccccc5)c4=O)C[C@@H]3N=[N+]=[N-])OC[C@H]2O[C@H]1n1ccc(=O)n(COCc2ccccc2)c1=O. The van der Waals surface area contributed by atoms with Crippen molar-refractivity contribution in [1.82, 2.24) is 18.3 Å². The Hall–Kier alpha value is -4.98. The second-order valence-corrected chi connectivity index (χ2v) is 15.1. The van der Waals surface area contributed by atoms with Crippen molar-refractivity contribution in [3.63, 3.8) is 0 Å². The molecule has 3 aliphatic rings.